The van der Waals surface area contributed by atoms with Crippen molar-refractivity contribution < 1.29 is 4.79 Å². The van der Waals surface area contributed by atoms with Crippen molar-refractivity contribution in [3.05, 3.63) is 18.0 Å². The largest absolute Gasteiger partial charge is 0.356 e. The van der Waals surface area contributed by atoms with E-state index in [-0.39, 0.29) is 18.3 Å². The van der Waals surface area contributed by atoms with Crippen LogP contribution in [0.2, 0.25) is 0 Å². The van der Waals surface area contributed by atoms with Crippen molar-refractivity contribution in [2.75, 3.05) is 13.1 Å². The van der Waals surface area contributed by atoms with Crippen molar-refractivity contribution in [2.24, 2.45) is 7.05 Å². The Labute approximate surface area is 114 Å². The van der Waals surface area contributed by atoms with E-state index in [1.54, 1.807) is 4.68 Å². The van der Waals surface area contributed by atoms with Gasteiger partial charge in [0.25, 0.3) is 0 Å². The van der Waals surface area contributed by atoms with Crippen LogP contribution in [-0.4, -0.2) is 34.8 Å². The Balaban J connectivity index is 0.00000162. The number of rotatable bonds is 5. The van der Waals surface area contributed by atoms with Crippen LogP contribution in [-0.2, 0) is 18.3 Å². The molecular formula is C12H21ClN4O. The first kappa shape index (κ1) is 15.0. The smallest absolute Gasteiger partial charge is 0.221 e. The first-order valence-corrected chi connectivity index (χ1v) is 6.21. The second kappa shape index (κ2) is 7.38. The van der Waals surface area contributed by atoms with Gasteiger partial charge in [0.2, 0.25) is 5.91 Å². The molecule has 6 heteroatoms. The Kier molecular flexibility index (Phi) is 6.15. The summed E-state index contributed by atoms with van der Waals surface area (Å²) in [5.41, 5.74) is 1.16. The summed E-state index contributed by atoms with van der Waals surface area (Å²) in [6.45, 7) is 1.74. The zero-order chi connectivity index (χ0) is 12.1. The van der Waals surface area contributed by atoms with Crippen LogP contribution in [0.1, 0.15) is 24.8 Å². The van der Waals surface area contributed by atoms with Gasteiger partial charge in [-0.05, 0) is 31.4 Å². The molecule has 1 aromatic heterocycles. The summed E-state index contributed by atoms with van der Waals surface area (Å²) < 4.78 is 1.78. The third-order valence-corrected chi connectivity index (χ3v) is 3.09. The molecule has 2 heterocycles. The highest BCUT2D eigenvalue weighted by Crippen LogP contribution is 2.08. The maximum atomic E-state index is 11.6. The lowest BCUT2D eigenvalue weighted by Gasteiger charge is -2.09. The minimum absolute atomic E-state index is 0. The van der Waals surface area contributed by atoms with Gasteiger partial charge in [-0.15, -0.1) is 12.4 Å². The molecule has 5 nitrogen and oxygen atoms in total. The van der Waals surface area contributed by atoms with E-state index < -0.39 is 0 Å². The lowest BCUT2D eigenvalue weighted by Crippen LogP contribution is -2.32. The summed E-state index contributed by atoms with van der Waals surface area (Å²) in [6, 6.07) is 0.383. The molecule has 1 saturated heterocycles. The van der Waals surface area contributed by atoms with Crippen LogP contribution >= 0.6 is 12.4 Å². The Bertz CT molecular complexity index is 374. The van der Waals surface area contributed by atoms with Gasteiger partial charge in [-0.3, -0.25) is 9.48 Å². The molecule has 102 valence electrons. The fourth-order valence-corrected chi connectivity index (χ4v) is 2.17. The fourth-order valence-electron chi connectivity index (χ4n) is 2.17. The maximum absolute atomic E-state index is 11.6. The quantitative estimate of drug-likeness (QED) is 0.827. The van der Waals surface area contributed by atoms with Gasteiger partial charge >= 0.3 is 0 Å². The van der Waals surface area contributed by atoms with Crippen molar-refractivity contribution in [3.63, 3.8) is 0 Å². The molecular weight excluding hydrogens is 252 g/mol. The molecule has 0 spiro atoms. The first-order chi connectivity index (χ1) is 8.24. The van der Waals surface area contributed by atoms with Crippen LogP contribution in [0.3, 0.4) is 0 Å². The molecule has 1 aliphatic heterocycles. The zero-order valence-corrected chi connectivity index (χ0v) is 11.5. The van der Waals surface area contributed by atoms with Crippen LogP contribution in [0.25, 0.3) is 0 Å². The number of nitrogens with zero attached hydrogens (tertiary/aromatic N) is 2. The third-order valence-electron chi connectivity index (χ3n) is 3.09. The van der Waals surface area contributed by atoms with Gasteiger partial charge in [0.15, 0.2) is 0 Å². The lowest BCUT2D eigenvalue weighted by atomic mass is 10.1. The Morgan fingerprint density at radius 2 is 2.50 bits per heavy atom. The fraction of sp³-hybridized carbons (Fsp3) is 0.667. The number of hydrogen-bond acceptors (Lipinski definition) is 3. The summed E-state index contributed by atoms with van der Waals surface area (Å²) in [5, 5.41) is 10.4. The molecule has 1 fully saturated rings. The highest BCUT2D eigenvalue weighted by molar-refractivity contribution is 5.85. The molecule has 0 radical (unpaired) electrons. The normalized spacial score (nSPS) is 18.4. The van der Waals surface area contributed by atoms with Crippen LogP contribution in [0.4, 0.5) is 0 Å². The second-order valence-electron chi connectivity index (χ2n) is 4.62. The van der Waals surface area contributed by atoms with Crippen LogP contribution in [0.15, 0.2) is 12.4 Å². The van der Waals surface area contributed by atoms with Crippen molar-refractivity contribution >= 4 is 18.3 Å². The van der Waals surface area contributed by atoms with Crippen molar-refractivity contribution in [3.8, 4) is 0 Å². The first-order valence-electron chi connectivity index (χ1n) is 6.21. The molecule has 0 aliphatic carbocycles. The average Bonchev–Trinajstić information content (AvgIpc) is 2.90. The Morgan fingerprint density at radius 3 is 3.11 bits per heavy atom. The lowest BCUT2D eigenvalue weighted by molar-refractivity contribution is -0.121. The number of aromatic nitrogens is 2. The van der Waals surface area contributed by atoms with E-state index in [1.807, 2.05) is 19.4 Å². The predicted molar refractivity (Wildman–Crippen MR) is 72.8 cm³/mol. The third kappa shape index (κ3) is 4.66. The van der Waals surface area contributed by atoms with Gasteiger partial charge in [0, 0.05) is 32.3 Å². The van der Waals surface area contributed by atoms with Gasteiger partial charge < -0.3 is 10.6 Å². The van der Waals surface area contributed by atoms with Crippen LogP contribution < -0.4 is 10.6 Å². The summed E-state index contributed by atoms with van der Waals surface area (Å²) in [5.74, 6) is 0.147. The minimum Gasteiger partial charge on any atom is -0.356 e. The number of halogens is 1. The molecule has 0 aromatic carbocycles. The highest BCUT2D eigenvalue weighted by Gasteiger charge is 2.17. The molecule has 0 saturated carbocycles. The number of carbonyl (C=O) groups is 1. The van der Waals surface area contributed by atoms with Crippen molar-refractivity contribution in [2.45, 2.75) is 31.7 Å². The summed E-state index contributed by atoms with van der Waals surface area (Å²) >= 11 is 0. The molecule has 1 amide bonds. The SMILES string of the molecule is Cl.Cn1cc(CCNC(=O)CC2CCCN2)cn1. The highest BCUT2D eigenvalue weighted by atomic mass is 35.5. The molecule has 1 unspecified atom stereocenters. The number of carbonyl (C=O) groups excluding carboxylic acids is 1. The standard InChI is InChI=1S/C12H20N4O.ClH/c1-16-9-10(8-15-16)4-6-14-12(17)7-11-3-2-5-13-11;/h8-9,11,13H,2-7H2,1H3,(H,14,17);1H. The van der Waals surface area contributed by atoms with E-state index in [9.17, 15) is 4.79 Å². The Hall–Kier alpha value is -1.07. The number of hydrogen-bond donors (Lipinski definition) is 2. The van der Waals surface area contributed by atoms with Crippen LogP contribution in [0, 0.1) is 0 Å². The maximum Gasteiger partial charge on any atom is 0.221 e. The second-order valence-corrected chi connectivity index (χ2v) is 4.62. The molecule has 1 aromatic rings. The minimum atomic E-state index is 0. The molecule has 0 bridgehead atoms. The van der Waals surface area contributed by atoms with Gasteiger partial charge in [-0.2, -0.15) is 5.10 Å². The molecule has 18 heavy (non-hydrogen) atoms. The monoisotopic (exact) mass is 272 g/mol. The number of nitrogens with one attached hydrogen (secondary N) is 2. The van der Waals surface area contributed by atoms with E-state index in [0.717, 1.165) is 24.9 Å². The van der Waals surface area contributed by atoms with Gasteiger partial charge in [0.05, 0.1) is 6.20 Å². The van der Waals surface area contributed by atoms with Gasteiger partial charge in [-0.25, -0.2) is 0 Å². The average molecular weight is 273 g/mol. The summed E-state index contributed by atoms with van der Waals surface area (Å²) in [6.07, 6.45) is 7.57. The van der Waals surface area contributed by atoms with E-state index in [2.05, 4.69) is 15.7 Å². The topological polar surface area (TPSA) is 59.0 Å². The molecule has 2 N–H and O–H groups in total. The van der Waals surface area contributed by atoms with E-state index >= 15 is 0 Å². The van der Waals surface area contributed by atoms with Crippen LogP contribution in [0.5, 0.6) is 0 Å². The van der Waals surface area contributed by atoms with Gasteiger partial charge in [-0.1, -0.05) is 0 Å². The predicted octanol–water partition coefficient (Wildman–Crippen LogP) is 0.643. The molecule has 2 rings (SSSR count). The van der Waals surface area contributed by atoms with E-state index in [0.29, 0.717) is 19.0 Å². The summed E-state index contributed by atoms with van der Waals surface area (Å²) in [4.78, 5) is 11.6. The van der Waals surface area contributed by atoms with Crippen molar-refractivity contribution in [1.82, 2.24) is 20.4 Å². The number of amides is 1. The zero-order valence-electron chi connectivity index (χ0n) is 10.7. The Morgan fingerprint density at radius 1 is 1.67 bits per heavy atom. The van der Waals surface area contributed by atoms with E-state index in [4.69, 9.17) is 0 Å². The number of aryl methyl sites for hydroxylation is 1. The molecule has 1 aliphatic rings. The van der Waals surface area contributed by atoms with Crippen molar-refractivity contribution in [1.29, 1.82) is 0 Å². The molecule has 1 atom stereocenters. The van der Waals surface area contributed by atoms with Gasteiger partial charge in [0.1, 0.15) is 0 Å². The van der Waals surface area contributed by atoms with E-state index in [1.165, 1.54) is 6.42 Å². The summed E-state index contributed by atoms with van der Waals surface area (Å²) in [7, 11) is 1.90.